The molecule has 1 aliphatic heterocycles. The monoisotopic (exact) mass is 484 g/mol. The standard InChI is InChI=1S/C15H14F6O9S/c1-4(22)28-9-6-2-5-7(11(23)29-10(5)9)8(6)12(24)30-13(14(16,17)18,15(19,20)21)3-31(25,26)27/h5-10H,2-3H2,1H3,(H,25,26,27)/t5?,6?,7?,8-,9?,10?/m1/s1. The van der Waals surface area contributed by atoms with Crippen LogP contribution in [0.5, 0.6) is 0 Å². The summed E-state index contributed by atoms with van der Waals surface area (Å²) in [5.41, 5.74) is -5.59. The quantitative estimate of drug-likeness (QED) is 0.263. The van der Waals surface area contributed by atoms with Crippen molar-refractivity contribution < 1.29 is 67.9 Å². The van der Waals surface area contributed by atoms with Gasteiger partial charge in [-0.2, -0.15) is 34.8 Å². The van der Waals surface area contributed by atoms with E-state index >= 15 is 0 Å². The molecule has 16 heteroatoms. The van der Waals surface area contributed by atoms with Gasteiger partial charge in [0, 0.05) is 18.8 Å². The number of carbonyl (C=O) groups is 3. The number of fused-ring (bicyclic) bond motifs is 1. The van der Waals surface area contributed by atoms with Gasteiger partial charge in [0.1, 0.15) is 18.0 Å². The third-order valence-electron chi connectivity index (χ3n) is 5.70. The van der Waals surface area contributed by atoms with Crippen LogP contribution in [0, 0.1) is 23.7 Å². The molecule has 1 saturated heterocycles. The smallest absolute Gasteiger partial charge is 0.438 e. The molecular weight excluding hydrogens is 470 g/mol. The molecule has 3 rings (SSSR count). The Morgan fingerprint density at radius 3 is 2.13 bits per heavy atom. The Balaban J connectivity index is 2.00. The molecule has 6 atom stereocenters. The molecule has 2 bridgehead atoms. The second kappa shape index (κ2) is 6.95. The van der Waals surface area contributed by atoms with Crippen LogP contribution in [-0.2, 0) is 38.7 Å². The first-order valence-corrected chi connectivity index (χ1v) is 10.2. The number of hydrogen-bond donors (Lipinski definition) is 1. The summed E-state index contributed by atoms with van der Waals surface area (Å²) in [4.78, 5) is 35.9. The van der Waals surface area contributed by atoms with Gasteiger partial charge in [-0.05, 0) is 6.42 Å². The van der Waals surface area contributed by atoms with Crippen molar-refractivity contribution in [3.05, 3.63) is 0 Å². The molecule has 31 heavy (non-hydrogen) atoms. The van der Waals surface area contributed by atoms with Gasteiger partial charge in [-0.25, -0.2) is 0 Å². The van der Waals surface area contributed by atoms with E-state index in [1.807, 2.05) is 0 Å². The van der Waals surface area contributed by atoms with Gasteiger partial charge >= 0.3 is 35.9 Å². The first-order valence-electron chi connectivity index (χ1n) is 8.59. The number of alkyl halides is 6. The molecule has 0 aromatic carbocycles. The van der Waals surface area contributed by atoms with Gasteiger partial charge < -0.3 is 14.2 Å². The molecule has 0 aromatic rings. The highest BCUT2D eigenvalue weighted by molar-refractivity contribution is 7.85. The number of ether oxygens (including phenoxy) is 3. The third kappa shape index (κ3) is 3.72. The lowest BCUT2D eigenvalue weighted by atomic mass is 9.78. The van der Waals surface area contributed by atoms with Crippen LogP contribution < -0.4 is 0 Å². The Bertz CT molecular complexity index is 897. The topological polar surface area (TPSA) is 133 Å². The maximum Gasteiger partial charge on any atom is 0.438 e. The largest absolute Gasteiger partial charge is 0.458 e. The fraction of sp³-hybridized carbons (Fsp3) is 0.800. The first kappa shape index (κ1) is 23.6. The van der Waals surface area contributed by atoms with Gasteiger partial charge in [0.25, 0.3) is 10.1 Å². The van der Waals surface area contributed by atoms with E-state index in [0.717, 1.165) is 6.92 Å². The predicted octanol–water partition coefficient (Wildman–Crippen LogP) is 1.02. The molecule has 0 aromatic heterocycles. The lowest BCUT2D eigenvalue weighted by Gasteiger charge is -2.37. The summed E-state index contributed by atoms with van der Waals surface area (Å²) in [6.07, 6.45) is -15.4. The molecule has 0 spiro atoms. The van der Waals surface area contributed by atoms with Crippen molar-refractivity contribution in [2.75, 3.05) is 5.75 Å². The summed E-state index contributed by atoms with van der Waals surface area (Å²) >= 11 is 0. The lowest BCUT2D eigenvalue weighted by molar-refractivity contribution is -0.362. The Morgan fingerprint density at radius 1 is 1.13 bits per heavy atom. The van der Waals surface area contributed by atoms with Gasteiger partial charge in [-0.15, -0.1) is 0 Å². The van der Waals surface area contributed by atoms with Crippen LogP contribution in [0.2, 0.25) is 0 Å². The predicted molar refractivity (Wildman–Crippen MR) is 81.4 cm³/mol. The van der Waals surface area contributed by atoms with Crippen LogP contribution in [-0.4, -0.2) is 66.8 Å². The Morgan fingerprint density at radius 2 is 1.68 bits per heavy atom. The Hall–Kier alpha value is -2.10. The number of rotatable bonds is 5. The average molecular weight is 484 g/mol. The van der Waals surface area contributed by atoms with E-state index in [1.165, 1.54) is 0 Å². The first-order chi connectivity index (χ1) is 13.9. The minimum atomic E-state index is -6.50. The Kier molecular flexibility index (Phi) is 5.28. The van der Waals surface area contributed by atoms with Crippen LogP contribution in [0.3, 0.4) is 0 Å². The van der Waals surface area contributed by atoms with Crippen molar-refractivity contribution in [1.82, 2.24) is 0 Å². The van der Waals surface area contributed by atoms with E-state index in [0.29, 0.717) is 0 Å². The highest BCUT2D eigenvalue weighted by Gasteiger charge is 2.77. The van der Waals surface area contributed by atoms with Gasteiger partial charge in [0.2, 0.25) is 0 Å². The zero-order valence-corrected chi connectivity index (χ0v) is 16.1. The molecule has 5 unspecified atom stereocenters. The number of esters is 3. The summed E-state index contributed by atoms with van der Waals surface area (Å²) in [5, 5.41) is 0. The van der Waals surface area contributed by atoms with Crippen molar-refractivity contribution in [2.45, 2.75) is 43.5 Å². The minimum Gasteiger partial charge on any atom is -0.458 e. The number of hydrogen-bond acceptors (Lipinski definition) is 8. The second-order valence-corrected chi connectivity index (χ2v) is 9.01. The highest BCUT2D eigenvalue weighted by atomic mass is 32.2. The molecule has 2 aliphatic carbocycles. The lowest BCUT2D eigenvalue weighted by Crippen LogP contribution is -2.64. The normalized spacial score (nSPS) is 32.7. The molecule has 3 fully saturated rings. The number of carbonyl (C=O) groups excluding carboxylic acids is 3. The van der Waals surface area contributed by atoms with Crippen molar-refractivity contribution in [3.8, 4) is 0 Å². The maximum absolute atomic E-state index is 13.4. The molecule has 1 heterocycles. The SMILES string of the molecule is CC(=O)OC1C2OC(=O)C3C2CC1[C@H]3C(=O)OC(CS(=O)(=O)O)(C(F)(F)F)C(F)(F)F. The van der Waals surface area contributed by atoms with E-state index < -0.39 is 87.6 Å². The van der Waals surface area contributed by atoms with E-state index in [4.69, 9.17) is 14.0 Å². The molecule has 2 saturated carbocycles. The van der Waals surface area contributed by atoms with E-state index in [9.17, 15) is 49.1 Å². The third-order valence-corrected chi connectivity index (χ3v) is 6.47. The molecule has 0 radical (unpaired) electrons. The fourth-order valence-corrected chi connectivity index (χ4v) is 5.53. The van der Waals surface area contributed by atoms with Crippen LogP contribution in [0.25, 0.3) is 0 Å². The van der Waals surface area contributed by atoms with Crippen molar-refractivity contribution in [1.29, 1.82) is 0 Å². The van der Waals surface area contributed by atoms with Gasteiger partial charge in [-0.3, -0.25) is 18.9 Å². The zero-order valence-electron chi connectivity index (χ0n) is 15.3. The van der Waals surface area contributed by atoms with E-state index in [-0.39, 0.29) is 6.42 Å². The molecule has 1 N–H and O–H groups in total. The van der Waals surface area contributed by atoms with Gasteiger partial charge in [-0.1, -0.05) is 0 Å². The van der Waals surface area contributed by atoms with Crippen molar-refractivity contribution in [3.63, 3.8) is 0 Å². The summed E-state index contributed by atoms with van der Waals surface area (Å²) in [6.45, 7) is 0.956. The number of halogens is 6. The van der Waals surface area contributed by atoms with Gasteiger partial charge in [0.05, 0.1) is 11.8 Å². The maximum atomic E-state index is 13.4. The molecule has 9 nitrogen and oxygen atoms in total. The summed E-state index contributed by atoms with van der Waals surface area (Å²) in [7, 11) is -5.95. The molecular formula is C15H14F6O9S. The van der Waals surface area contributed by atoms with Crippen molar-refractivity contribution >= 4 is 28.0 Å². The van der Waals surface area contributed by atoms with Crippen LogP contribution in [0.1, 0.15) is 13.3 Å². The van der Waals surface area contributed by atoms with Crippen molar-refractivity contribution in [2.24, 2.45) is 23.7 Å². The molecule has 3 aliphatic rings. The molecule has 176 valence electrons. The average Bonchev–Trinajstić information content (AvgIpc) is 3.13. The summed E-state index contributed by atoms with van der Waals surface area (Å²) in [6, 6.07) is 0. The van der Waals surface area contributed by atoms with Crippen LogP contribution in [0.4, 0.5) is 26.3 Å². The van der Waals surface area contributed by atoms with E-state index in [2.05, 4.69) is 4.74 Å². The van der Waals surface area contributed by atoms with Gasteiger partial charge in [0.15, 0.2) is 0 Å². The zero-order chi connectivity index (χ0) is 23.7. The van der Waals surface area contributed by atoms with Crippen LogP contribution >= 0.6 is 0 Å². The minimum absolute atomic E-state index is 0.0812. The molecule has 0 amide bonds. The van der Waals surface area contributed by atoms with E-state index in [1.54, 1.807) is 0 Å². The highest BCUT2D eigenvalue weighted by Crippen LogP contribution is 2.59. The summed E-state index contributed by atoms with van der Waals surface area (Å²) < 4.78 is 125. The second-order valence-electron chi connectivity index (χ2n) is 7.56. The fourth-order valence-electron chi connectivity index (χ4n) is 4.63. The Labute approximate surface area is 169 Å². The van der Waals surface area contributed by atoms with Crippen LogP contribution in [0.15, 0.2) is 0 Å². The summed E-state index contributed by atoms with van der Waals surface area (Å²) in [5.74, 6) is -12.6.